The molecule has 1 aliphatic carbocycles. The molecule has 1 atom stereocenters. The summed E-state index contributed by atoms with van der Waals surface area (Å²) in [5, 5.41) is 4.02. The van der Waals surface area contributed by atoms with E-state index in [1.807, 2.05) is 6.92 Å². The summed E-state index contributed by atoms with van der Waals surface area (Å²) in [6, 6.07) is 0. The van der Waals surface area contributed by atoms with Gasteiger partial charge in [0.05, 0.1) is 17.3 Å². The summed E-state index contributed by atoms with van der Waals surface area (Å²) < 4.78 is 4.92. The second kappa shape index (κ2) is 5.60. The van der Waals surface area contributed by atoms with Crippen LogP contribution in [0, 0.1) is 12.8 Å². The smallest absolute Gasteiger partial charge is 0.223 e. The van der Waals surface area contributed by atoms with Gasteiger partial charge in [-0.3, -0.25) is 4.79 Å². The Labute approximate surface area is 105 Å². The number of rotatable bonds is 4. The Bertz CT molecular complexity index is 403. The van der Waals surface area contributed by atoms with Crippen molar-refractivity contribution in [3.63, 3.8) is 0 Å². The molecule has 2 rings (SSSR count). The monoisotopic (exact) mass is 254 g/mol. The van der Waals surface area contributed by atoms with Gasteiger partial charge in [-0.15, -0.1) is 11.3 Å². The van der Waals surface area contributed by atoms with Crippen molar-refractivity contribution in [2.45, 2.75) is 26.2 Å². The number of thiazole rings is 1. The highest BCUT2D eigenvalue weighted by Gasteiger charge is 2.26. The van der Waals surface area contributed by atoms with Crippen molar-refractivity contribution >= 4 is 17.2 Å². The van der Waals surface area contributed by atoms with E-state index in [9.17, 15) is 4.79 Å². The summed E-state index contributed by atoms with van der Waals surface area (Å²) in [6.45, 7) is 3.19. The number of nitrogens with one attached hydrogen (secondary N) is 1. The number of methoxy groups -OCH3 is 1. The van der Waals surface area contributed by atoms with Gasteiger partial charge < -0.3 is 10.1 Å². The van der Waals surface area contributed by atoms with Crippen molar-refractivity contribution < 1.29 is 9.53 Å². The van der Waals surface area contributed by atoms with E-state index in [4.69, 9.17) is 4.74 Å². The van der Waals surface area contributed by atoms with Gasteiger partial charge in [0, 0.05) is 24.4 Å². The first-order valence-corrected chi connectivity index (χ1v) is 6.74. The molecular formula is C12H18N2O2S. The van der Waals surface area contributed by atoms with Crippen molar-refractivity contribution in [1.29, 1.82) is 0 Å². The Balaban J connectivity index is 1.90. The maximum Gasteiger partial charge on any atom is 0.223 e. The SMILES string of the molecule is COCCNC(=O)C1CCc2nc(C)sc2C1. The van der Waals surface area contributed by atoms with E-state index in [1.165, 1.54) is 10.6 Å². The highest BCUT2D eigenvalue weighted by atomic mass is 32.1. The van der Waals surface area contributed by atoms with Crippen LogP contribution in [0.4, 0.5) is 0 Å². The maximum absolute atomic E-state index is 11.9. The summed E-state index contributed by atoms with van der Waals surface area (Å²) in [4.78, 5) is 17.7. The van der Waals surface area contributed by atoms with Crippen molar-refractivity contribution in [1.82, 2.24) is 10.3 Å². The van der Waals surface area contributed by atoms with Crippen LogP contribution in [-0.4, -0.2) is 31.2 Å². The highest BCUT2D eigenvalue weighted by Crippen LogP contribution is 2.29. The Morgan fingerprint density at radius 3 is 3.24 bits per heavy atom. The molecule has 0 saturated heterocycles. The van der Waals surface area contributed by atoms with E-state index < -0.39 is 0 Å². The number of fused-ring (bicyclic) bond motifs is 1. The highest BCUT2D eigenvalue weighted by molar-refractivity contribution is 7.11. The zero-order valence-corrected chi connectivity index (χ0v) is 11.1. The Morgan fingerprint density at radius 1 is 1.65 bits per heavy atom. The van der Waals surface area contributed by atoms with Crippen LogP contribution in [0.3, 0.4) is 0 Å². The van der Waals surface area contributed by atoms with Crippen molar-refractivity contribution in [3.8, 4) is 0 Å². The van der Waals surface area contributed by atoms with E-state index in [-0.39, 0.29) is 11.8 Å². The number of carbonyl (C=O) groups excluding carboxylic acids is 1. The lowest BCUT2D eigenvalue weighted by Gasteiger charge is -2.20. The van der Waals surface area contributed by atoms with Crippen LogP contribution in [0.5, 0.6) is 0 Å². The van der Waals surface area contributed by atoms with Gasteiger partial charge in [-0.05, 0) is 26.2 Å². The predicted molar refractivity (Wildman–Crippen MR) is 67.3 cm³/mol. The zero-order valence-electron chi connectivity index (χ0n) is 10.3. The van der Waals surface area contributed by atoms with E-state index in [1.54, 1.807) is 18.4 Å². The summed E-state index contributed by atoms with van der Waals surface area (Å²) in [5.74, 6) is 0.262. The molecular weight excluding hydrogens is 236 g/mol. The second-order valence-corrected chi connectivity index (χ2v) is 5.61. The number of ether oxygens (including phenoxy) is 1. The molecule has 0 spiro atoms. The number of hydrogen-bond acceptors (Lipinski definition) is 4. The molecule has 1 aromatic heterocycles. The standard InChI is InChI=1S/C12H18N2O2S/c1-8-14-10-4-3-9(7-11(10)17-8)12(15)13-5-6-16-2/h9H,3-7H2,1-2H3,(H,13,15). The van der Waals surface area contributed by atoms with E-state index in [0.717, 1.165) is 24.3 Å². The van der Waals surface area contributed by atoms with Gasteiger partial charge in [-0.2, -0.15) is 0 Å². The van der Waals surface area contributed by atoms with Crippen LogP contribution >= 0.6 is 11.3 Å². The van der Waals surface area contributed by atoms with Gasteiger partial charge in [0.25, 0.3) is 0 Å². The first kappa shape index (κ1) is 12.5. The average Bonchev–Trinajstić information content (AvgIpc) is 2.68. The van der Waals surface area contributed by atoms with Crippen molar-refractivity contribution in [2.24, 2.45) is 5.92 Å². The Morgan fingerprint density at radius 2 is 2.47 bits per heavy atom. The fraction of sp³-hybridized carbons (Fsp3) is 0.667. The molecule has 0 aliphatic heterocycles. The predicted octanol–water partition coefficient (Wildman–Crippen LogP) is 1.32. The molecule has 0 radical (unpaired) electrons. The minimum atomic E-state index is 0.110. The molecule has 0 bridgehead atoms. The van der Waals surface area contributed by atoms with Gasteiger partial charge in [0.15, 0.2) is 0 Å². The third-order valence-corrected chi connectivity index (χ3v) is 4.06. The van der Waals surface area contributed by atoms with Crippen LogP contribution in [0.1, 0.15) is 22.0 Å². The number of carbonyl (C=O) groups is 1. The van der Waals surface area contributed by atoms with E-state index in [2.05, 4.69) is 10.3 Å². The quantitative estimate of drug-likeness (QED) is 0.824. The van der Waals surface area contributed by atoms with Crippen molar-refractivity contribution in [3.05, 3.63) is 15.6 Å². The topological polar surface area (TPSA) is 51.2 Å². The van der Waals surface area contributed by atoms with Crippen LogP contribution in [-0.2, 0) is 22.4 Å². The van der Waals surface area contributed by atoms with Crippen LogP contribution in [0.2, 0.25) is 0 Å². The summed E-state index contributed by atoms with van der Waals surface area (Å²) in [7, 11) is 1.64. The van der Waals surface area contributed by atoms with Gasteiger partial charge in [0.1, 0.15) is 0 Å². The summed E-state index contributed by atoms with van der Waals surface area (Å²) in [6.07, 6.45) is 2.69. The molecule has 5 heteroatoms. The molecule has 94 valence electrons. The van der Waals surface area contributed by atoms with Gasteiger partial charge >= 0.3 is 0 Å². The maximum atomic E-state index is 11.9. The Hall–Kier alpha value is -0.940. The third-order valence-electron chi connectivity index (χ3n) is 3.02. The number of amides is 1. The minimum absolute atomic E-state index is 0.110. The van der Waals surface area contributed by atoms with Crippen LogP contribution in [0.25, 0.3) is 0 Å². The molecule has 1 amide bonds. The number of aromatic nitrogens is 1. The van der Waals surface area contributed by atoms with Gasteiger partial charge in [0.2, 0.25) is 5.91 Å². The first-order chi connectivity index (χ1) is 8.20. The normalized spacial score (nSPS) is 18.8. The number of nitrogens with zero attached hydrogens (tertiary/aromatic N) is 1. The fourth-order valence-electron chi connectivity index (χ4n) is 2.15. The Kier molecular flexibility index (Phi) is 4.12. The van der Waals surface area contributed by atoms with Gasteiger partial charge in [-0.1, -0.05) is 0 Å². The lowest BCUT2D eigenvalue weighted by Crippen LogP contribution is -2.35. The lowest BCUT2D eigenvalue weighted by atomic mass is 9.90. The number of aryl methyl sites for hydroxylation is 2. The fourth-order valence-corrected chi connectivity index (χ4v) is 3.21. The molecule has 1 heterocycles. The molecule has 4 nitrogen and oxygen atoms in total. The molecule has 0 saturated carbocycles. The molecule has 1 aromatic rings. The van der Waals surface area contributed by atoms with Crippen molar-refractivity contribution in [2.75, 3.05) is 20.3 Å². The zero-order chi connectivity index (χ0) is 12.3. The summed E-state index contributed by atoms with van der Waals surface area (Å²) >= 11 is 1.72. The molecule has 17 heavy (non-hydrogen) atoms. The second-order valence-electron chi connectivity index (χ2n) is 4.33. The molecule has 0 fully saturated rings. The average molecular weight is 254 g/mol. The van der Waals surface area contributed by atoms with Crippen LogP contribution < -0.4 is 5.32 Å². The first-order valence-electron chi connectivity index (χ1n) is 5.92. The van der Waals surface area contributed by atoms with Crippen LogP contribution in [0.15, 0.2) is 0 Å². The van der Waals surface area contributed by atoms with Gasteiger partial charge in [-0.25, -0.2) is 4.98 Å². The molecule has 1 aliphatic rings. The molecule has 0 aromatic carbocycles. The third kappa shape index (κ3) is 3.04. The molecule has 1 unspecified atom stereocenters. The molecule has 1 N–H and O–H groups in total. The summed E-state index contributed by atoms with van der Waals surface area (Å²) in [5.41, 5.74) is 1.20. The van der Waals surface area contributed by atoms with E-state index in [0.29, 0.717) is 13.2 Å². The lowest BCUT2D eigenvalue weighted by molar-refractivity contribution is -0.125. The minimum Gasteiger partial charge on any atom is -0.383 e. The number of hydrogen-bond donors (Lipinski definition) is 1. The largest absolute Gasteiger partial charge is 0.383 e. The van der Waals surface area contributed by atoms with E-state index >= 15 is 0 Å².